The van der Waals surface area contributed by atoms with E-state index in [1.807, 2.05) is 11.4 Å². The summed E-state index contributed by atoms with van der Waals surface area (Å²) in [4.78, 5) is 0.964. The van der Waals surface area contributed by atoms with Gasteiger partial charge in [-0.25, -0.2) is 13.1 Å². The molecule has 92 valence electrons. The second kappa shape index (κ2) is 6.70. The molecule has 0 saturated heterocycles. The molecule has 0 unspecified atom stereocenters. The second-order valence-corrected chi connectivity index (χ2v) is 7.04. The van der Waals surface area contributed by atoms with Crippen LogP contribution in [0.4, 0.5) is 0 Å². The van der Waals surface area contributed by atoms with Crippen molar-refractivity contribution >= 4 is 37.3 Å². The molecule has 1 aromatic rings. The van der Waals surface area contributed by atoms with Gasteiger partial charge in [-0.15, -0.1) is 11.3 Å². The molecule has 0 aliphatic carbocycles. The predicted molar refractivity (Wildman–Crippen MR) is 69.0 cm³/mol. The quantitative estimate of drug-likeness (QED) is 0.749. The van der Waals surface area contributed by atoms with Gasteiger partial charge in [0, 0.05) is 22.5 Å². The van der Waals surface area contributed by atoms with Gasteiger partial charge in [0.2, 0.25) is 10.0 Å². The van der Waals surface area contributed by atoms with E-state index in [1.165, 1.54) is 11.3 Å². The van der Waals surface area contributed by atoms with Gasteiger partial charge in [-0.1, -0.05) is 0 Å². The molecule has 0 bridgehead atoms. The fourth-order valence-corrected chi connectivity index (χ4v) is 3.72. The molecule has 0 aliphatic rings. The van der Waals surface area contributed by atoms with Crippen molar-refractivity contribution in [3.63, 3.8) is 0 Å². The molecule has 7 heteroatoms. The van der Waals surface area contributed by atoms with Gasteiger partial charge in [0.05, 0.1) is 5.75 Å². The minimum absolute atomic E-state index is 0.0337. The zero-order valence-corrected chi connectivity index (χ0v) is 11.9. The van der Waals surface area contributed by atoms with E-state index in [9.17, 15) is 8.42 Å². The molecule has 0 saturated carbocycles. The third-order valence-electron chi connectivity index (χ3n) is 1.96. The highest BCUT2D eigenvalue weighted by Gasteiger charge is 2.10. The van der Waals surface area contributed by atoms with Gasteiger partial charge >= 0.3 is 0 Å². The summed E-state index contributed by atoms with van der Waals surface area (Å²) >= 11 is 4.85. The Bertz CT molecular complexity index is 416. The van der Waals surface area contributed by atoms with Crippen molar-refractivity contribution in [1.82, 2.24) is 4.72 Å². The highest BCUT2D eigenvalue weighted by molar-refractivity contribution is 9.10. The van der Waals surface area contributed by atoms with Crippen LogP contribution in [0.25, 0.3) is 0 Å². The number of halogens is 1. The highest BCUT2D eigenvalue weighted by atomic mass is 79.9. The molecule has 1 heterocycles. The summed E-state index contributed by atoms with van der Waals surface area (Å²) in [6, 6.07) is 1.89. The van der Waals surface area contributed by atoms with Gasteiger partial charge < -0.3 is 5.11 Å². The fraction of sp³-hybridized carbons (Fsp3) is 0.556. The van der Waals surface area contributed by atoms with Crippen LogP contribution in [-0.2, 0) is 16.6 Å². The lowest BCUT2D eigenvalue weighted by Gasteiger charge is -2.05. The molecular weight excluding hydrogens is 314 g/mol. The standard InChI is InChI=1S/C9H14BrNO3S2/c10-8-3-5-15-9(8)7-11-16(13,14)6-2-1-4-12/h3,5,11-12H,1-2,4,6-7H2. The first-order chi connectivity index (χ1) is 7.55. The Balaban J connectivity index is 2.39. The number of hydrogen-bond acceptors (Lipinski definition) is 4. The topological polar surface area (TPSA) is 66.4 Å². The fourth-order valence-electron chi connectivity index (χ4n) is 1.10. The Hall–Kier alpha value is 0.0500. The first-order valence-corrected chi connectivity index (χ1v) is 8.18. The number of thiophene rings is 1. The molecule has 1 aromatic heterocycles. The van der Waals surface area contributed by atoms with Crippen molar-refractivity contribution in [1.29, 1.82) is 0 Å². The summed E-state index contributed by atoms with van der Waals surface area (Å²) in [7, 11) is -3.22. The number of aliphatic hydroxyl groups excluding tert-OH is 1. The van der Waals surface area contributed by atoms with E-state index in [0.717, 1.165) is 9.35 Å². The lowest BCUT2D eigenvalue weighted by atomic mass is 10.4. The average Bonchev–Trinajstić information content (AvgIpc) is 2.62. The molecular formula is C9H14BrNO3S2. The summed E-state index contributed by atoms with van der Waals surface area (Å²) in [6.45, 7) is 0.353. The Morgan fingerprint density at radius 3 is 2.75 bits per heavy atom. The third-order valence-corrected chi connectivity index (χ3v) is 5.30. The van der Waals surface area contributed by atoms with E-state index in [2.05, 4.69) is 20.7 Å². The van der Waals surface area contributed by atoms with Crippen LogP contribution in [0.2, 0.25) is 0 Å². The maximum Gasteiger partial charge on any atom is 0.211 e. The van der Waals surface area contributed by atoms with Gasteiger partial charge in [-0.2, -0.15) is 0 Å². The van der Waals surface area contributed by atoms with E-state index in [0.29, 0.717) is 19.4 Å². The molecule has 0 aliphatic heterocycles. The first kappa shape index (κ1) is 14.1. The van der Waals surface area contributed by atoms with Gasteiger partial charge in [-0.3, -0.25) is 0 Å². The molecule has 4 nitrogen and oxygen atoms in total. The van der Waals surface area contributed by atoms with Crippen LogP contribution in [0.5, 0.6) is 0 Å². The summed E-state index contributed by atoms with van der Waals surface area (Å²) < 4.78 is 26.5. The Kier molecular flexibility index (Phi) is 5.91. The third kappa shape index (κ3) is 4.92. The lowest BCUT2D eigenvalue weighted by Crippen LogP contribution is -2.25. The van der Waals surface area contributed by atoms with Gasteiger partial charge in [0.15, 0.2) is 0 Å². The minimum atomic E-state index is -3.22. The summed E-state index contributed by atoms with van der Waals surface area (Å²) in [5, 5.41) is 10.5. The summed E-state index contributed by atoms with van der Waals surface area (Å²) in [5.74, 6) is 0.0660. The molecule has 0 fully saturated rings. The number of unbranched alkanes of at least 4 members (excludes halogenated alkanes) is 1. The highest BCUT2D eigenvalue weighted by Crippen LogP contribution is 2.22. The van der Waals surface area contributed by atoms with E-state index >= 15 is 0 Å². The van der Waals surface area contributed by atoms with Crippen molar-refractivity contribution in [2.75, 3.05) is 12.4 Å². The van der Waals surface area contributed by atoms with E-state index in [1.54, 1.807) is 0 Å². The van der Waals surface area contributed by atoms with Crippen molar-refractivity contribution in [3.8, 4) is 0 Å². The smallest absolute Gasteiger partial charge is 0.211 e. The number of sulfonamides is 1. The zero-order valence-electron chi connectivity index (χ0n) is 8.65. The van der Waals surface area contributed by atoms with Gasteiger partial charge in [-0.05, 0) is 40.2 Å². The first-order valence-electron chi connectivity index (χ1n) is 4.85. The van der Waals surface area contributed by atoms with Crippen molar-refractivity contribution in [2.45, 2.75) is 19.4 Å². The number of rotatable bonds is 7. The molecule has 0 amide bonds. The van der Waals surface area contributed by atoms with E-state index < -0.39 is 10.0 Å². The Morgan fingerprint density at radius 2 is 2.19 bits per heavy atom. The van der Waals surface area contributed by atoms with E-state index in [-0.39, 0.29) is 12.4 Å². The predicted octanol–water partition coefficient (Wildman–Crippen LogP) is 1.70. The SMILES string of the molecule is O=S(=O)(CCCCO)NCc1sccc1Br. The Morgan fingerprint density at radius 1 is 1.44 bits per heavy atom. The van der Waals surface area contributed by atoms with Crippen LogP contribution < -0.4 is 4.72 Å². The van der Waals surface area contributed by atoms with Crippen LogP contribution in [0.3, 0.4) is 0 Å². The number of nitrogens with one attached hydrogen (secondary N) is 1. The van der Waals surface area contributed by atoms with Crippen LogP contribution in [0.15, 0.2) is 15.9 Å². The van der Waals surface area contributed by atoms with E-state index in [4.69, 9.17) is 5.11 Å². The molecule has 2 N–H and O–H groups in total. The molecule has 0 aromatic carbocycles. The van der Waals surface area contributed by atoms with Crippen LogP contribution >= 0.6 is 27.3 Å². The van der Waals surface area contributed by atoms with Gasteiger partial charge in [0.25, 0.3) is 0 Å². The lowest BCUT2D eigenvalue weighted by molar-refractivity contribution is 0.287. The van der Waals surface area contributed by atoms with Crippen molar-refractivity contribution in [3.05, 3.63) is 20.8 Å². The van der Waals surface area contributed by atoms with Crippen LogP contribution in [-0.4, -0.2) is 25.9 Å². The number of aliphatic hydroxyl groups is 1. The molecule has 0 radical (unpaired) electrons. The maximum absolute atomic E-state index is 11.5. The van der Waals surface area contributed by atoms with Crippen LogP contribution in [0, 0.1) is 0 Å². The monoisotopic (exact) mass is 327 g/mol. The van der Waals surface area contributed by atoms with Crippen molar-refractivity contribution in [2.24, 2.45) is 0 Å². The summed E-state index contributed by atoms with van der Waals surface area (Å²) in [6.07, 6.45) is 1.00. The van der Waals surface area contributed by atoms with Crippen LogP contribution in [0.1, 0.15) is 17.7 Å². The normalized spacial score (nSPS) is 11.9. The van der Waals surface area contributed by atoms with Crippen molar-refractivity contribution < 1.29 is 13.5 Å². The Labute approximate surface area is 108 Å². The maximum atomic E-state index is 11.5. The molecule has 16 heavy (non-hydrogen) atoms. The molecule has 0 atom stereocenters. The summed E-state index contributed by atoms with van der Waals surface area (Å²) in [5.41, 5.74) is 0. The largest absolute Gasteiger partial charge is 0.396 e. The minimum Gasteiger partial charge on any atom is -0.396 e. The molecule has 0 spiro atoms. The average molecular weight is 328 g/mol. The molecule has 1 rings (SSSR count). The second-order valence-electron chi connectivity index (χ2n) is 3.26. The number of hydrogen-bond donors (Lipinski definition) is 2. The zero-order chi connectivity index (χ0) is 12.0. The van der Waals surface area contributed by atoms with Gasteiger partial charge in [0.1, 0.15) is 0 Å².